The van der Waals surface area contributed by atoms with E-state index in [4.69, 9.17) is 4.52 Å². The molecule has 2 aromatic heterocycles. The van der Waals surface area contributed by atoms with Gasteiger partial charge < -0.3 is 9.84 Å². The van der Waals surface area contributed by atoms with Gasteiger partial charge in [0.25, 0.3) is 11.6 Å². The highest BCUT2D eigenvalue weighted by atomic mass is 32.2. The number of carbonyl (C=O) groups is 1. The number of thioether (sulfide) groups is 1. The number of nitrogens with one attached hydrogen (secondary N) is 1. The number of rotatable bonds is 6. The standard InChI is InChI=1S/C18H18FN3O2S/c1-11-9-14(16-12(2)22-24-18(16)21-11)17(23)20-7-8-25-10-13-5-3-4-6-15(13)19/h3-6,9H,7-8,10H2,1-2H3,(H,20,23). The van der Waals surface area contributed by atoms with Gasteiger partial charge in [-0.1, -0.05) is 23.4 Å². The summed E-state index contributed by atoms with van der Waals surface area (Å²) in [7, 11) is 0. The van der Waals surface area contributed by atoms with Crippen molar-refractivity contribution in [3.63, 3.8) is 0 Å². The molecule has 0 saturated heterocycles. The molecule has 1 N–H and O–H groups in total. The molecule has 3 rings (SSSR count). The SMILES string of the molecule is Cc1cc(C(=O)NCCSCc2ccccc2F)c2c(C)noc2n1. The highest BCUT2D eigenvalue weighted by Crippen LogP contribution is 2.22. The molecule has 1 amide bonds. The van der Waals surface area contributed by atoms with Gasteiger partial charge in [-0.3, -0.25) is 4.79 Å². The summed E-state index contributed by atoms with van der Waals surface area (Å²) in [4.78, 5) is 16.7. The van der Waals surface area contributed by atoms with Crippen LogP contribution in [0.4, 0.5) is 4.39 Å². The van der Waals surface area contributed by atoms with E-state index in [1.807, 2.05) is 6.07 Å². The molecule has 0 radical (unpaired) electrons. The fourth-order valence-electron chi connectivity index (χ4n) is 2.53. The van der Waals surface area contributed by atoms with Crippen molar-refractivity contribution in [2.75, 3.05) is 12.3 Å². The Hall–Kier alpha value is -2.41. The van der Waals surface area contributed by atoms with Gasteiger partial charge >= 0.3 is 0 Å². The first-order valence-corrected chi connectivity index (χ1v) is 9.04. The van der Waals surface area contributed by atoms with Crippen molar-refractivity contribution >= 4 is 28.8 Å². The number of aromatic nitrogens is 2. The van der Waals surface area contributed by atoms with Crippen LogP contribution in [0, 0.1) is 19.7 Å². The lowest BCUT2D eigenvalue weighted by molar-refractivity contribution is 0.0957. The molecule has 0 spiro atoms. The molecule has 0 saturated carbocycles. The predicted molar refractivity (Wildman–Crippen MR) is 96.2 cm³/mol. The zero-order valence-electron chi connectivity index (χ0n) is 14.0. The lowest BCUT2D eigenvalue weighted by Gasteiger charge is -2.07. The molecule has 0 atom stereocenters. The molecule has 130 valence electrons. The summed E-state index contributed by atoms with van der Waals surface area (Å²) >= 11 is 1.57. The molecule has 0 aliphatic rings. The number of amides is 1. The molecule has 25 heavy (non-hydrogen) atoms. The van der Waals surface area contributed by atoms with Crippen LogP contribution in [0.2, 0.25) is 0 Å². The normalized spacial score (nSPS) is 11.0. The summed E-state index contributed by atoms with van der Waals surface area (Å²) < 4.78 is 18.7. The van der Waals surface area contributed by atoms with Crippen LogP contribution in [0.25, 0.3) is 11.1 Å². The van der Waals surface area contributed by atoms with E-state index < -0.39 is 0 Å². The average molecular weight is 359 g/mol. The molecule has 7 heteroatoms. The van der Waals surface area contributed by atoms with Crippen molar-refractivity contribution in [1.29, 1.82) is 0 Å². The molecule has 1 aromatic carbocycles. The number of nitrogens with zero attached hydrogens (tertiary/aromatic N) is 2. The third-order valence-corrected chi connectivity index (χ3v) is 4.75. The van der Waals surface area contributed by atoms with Gasteiger partial charge in [0.15, 0.2) is 0 Å². The van der Waals surface area contributed by atoms with Crippen molar-refractivity contribution in [3.05, 3.63) is 58.7 Å². The fraction of sp³-hybridized carbons (Fsp3) is 0.278. The quantitative estimate of drug-likeness (QED) is 0.681. The Balaban J connectivity index is 1.57. The molecule has 0 bridgehead atoms. The Morgan fingerprint density at radius 2 is 2.12 bits per heavy atom. The van der Waals surface area contributed by atoms with E-state index >= 15 is 0 Å². The molecule has 0 aliphatic carbocycles. The fourth-order valence-corrected chi connectivity index (χ4v) is 3.37. The lowest BCUT2D eigenvalue weighted by atomic mass is 10.1. The Bertz CT molecular complexity index is 910. The van der Waals surface area contributed by atoms with Crippen LogP contribution < -0.4 is 5.32 Å². The maximum Gasteiger partial charge on any atom is 0.258 e. The van der Waals surface area contributed by atoms with Crippen LogP contribution in [0.1, 0.15) is 27.3 Å². The molecule has 0 fully saturated rings. The minimum Gasteiger partial charge on any atom is -0.351 e. The maximum absolute atomic E-state index is 13.5. The summed E-state index contributed by atoms with van der Waals surface area (Å²) in [5.74, 6) is 0.881. The largest absolute Gasteiger partial charge is 0.351 e. The van der Waals surface area contributed by atoms with E-state index in [1.165, 1.54) is 6.07 Å². The van der Waals surface area contributed by atoms with E-state index in [1.54, 1.807) is 43.8 Å². The molecule has 0 unspecified atom stereocenters. The number of carbonyl (C=O) groups excluding carboxylic acids is 1. The van der Waals surface area contributed by atoms with E-state index in [-0.39, 0.29) is 11.7 Å². The minimum absolute atomic E-state index is 0.187. The van der Waals surface area contributed by atoms with Crippen molar-refractivity contribution in [2.45, 2.75) is 19.6 Å². The van der Waals surface area contributed by atoms with Gasteiger partial charge in [0.2, 0.25) is 0 Å². The maximum atomic E-state index is 13.5. The summed E-state index contributed by atoms with van der Waals surface area (Å²) in [6, 6.07) is 8.45. The Kier molecular flexibility index (Phi) is 5.33. The van der Waals surface area contributed by atoms with Crippen molar-refractivity contribution in [1.82, 2.24) is 15.5 Å². The number of hydrogen-bond acceptors (Lipinski definition) is 5. The first-order chi connectivity index (χ1) is 12.1. The Labute approximate surface area is 149 Å². The van der Waals surface area contributed by atoms with Crippen molar-refractivity contribution < 1.29 is 13.7 Å². The number of hydrogen-bond donors (Lipinski definition) is 1. The molecular weight excluding hydrogens is 341 g/mol. The van der Waals surface area contributed by atoms with Crippen LogP contribution in [-0.4, -0.2) is 28.3 Å². The first-order valence-electron chi connectivity index (χ1n) is 7.89. The third kappa shape index (κ3) is 3.99. The van der Waals surface area contributed by atoms with E-state index in [2.05, 4.69) is 15.5 Å². The molecular formula is C18H18FN3O2S. The summed E-state index contributed by atoms with van der Waals surface area (Å²) in [5, 5.41) is 7.40. The minimum atomic E-state index is -0.198. The smallest absolute Gasteiger partial charge is 0.258 e. The van der Waals surface area contributed by atoms with Crippen LogP contribution in [0.15, 0.2) is 34.9 Å². The summed E-state index contributed by atoms with van der Waals surface area (Å²) in [6.45, 7) is 4.08. The van der Waals surface area contributed by atoms with Gasteiger partial charge in [0, 0.05) is 23.7 Å². The monoisotopic (exact) mass is 359 g/mol. The van der Waals surface area contributed by atoms with E-state index in [0.29, 0.717) is 51.7 Å². The lowest BCUT2D eigenvalue weighted by Crippen LogP contribution is -2.26. The molecule has 2 heterocycles. The zero-order valence-corrected chi connectivity index (χ0v) is 14.8. The highest BCUT2D eigenvalue weighted by molar-refractivity contribution is 7.98. The van der Waals surface area contributed by atoms with Gasteiger partial charge in [0.1, 0.15) is 5.82 Å². The number of fused-ring (bicyclic) bond motifs is 1. The van der Waals surface area contributed by atoms with E-state index in [9.17, 15) is 9.18 Å². The van der Waals surface area contributed by atoms with Crippen LogP contribution in [0.3, 0.4) is 0 Å². The van der Waals surface area contributed by atoms with Gasteiger partial charge in [-0.05, 0) is 31.5 Å². The van der Waals surface area contributed by atoms with Gasteiger partial charge in [0.05, 0.1) is 16.6 Å². The van der Waals surface area contributed by atoms with Crippen LogP contribution in [-0.2, 0) is 5.75 Å². The topological polar surface area (TPSA) is 68.0 Å². The van der Waals surface area contributed by atoms with Crippen molar-refractivity contribution in [3.8, 4) is 0 Å². The summed E-state index contributed by atoms with van der Waals surface area (Å²) in [6.07, 6.45) is 0. The van der Waals surface area contributed by atoms with Gasteiger partial charge in [-0.25, -0.2) is 9.37 Å². The number of halogens is 1. The third-order valence-electron chi connectivity index (χ3n) is 3.74. The molecule has 5 nitrogen and oxygen atoms in total. The summed E-state index contributed by atoms with van der Waals surface area (Å²) in [5.41, 5.74) is 2.90. The second kappa shape index (κ2) is 7.65. The van der Waals surface area contributed by atoms with Gasteiger partial charge in [-0.15, -0.1) is 0 Å². The van der Waals surface area contributed by atoms with Crippen molar-refractivity contribution in [2.24, 2.45) is 0 Å². The Morgan fingerprint density at radius 1 is 1.32 bits per heavy atom. The van der Waals surface area contributed by atoms with Crippen LogP contribution in [0.5, 0.6) is 0 Å². The number of pyridine rings is 1. The van der Waals surface area contributed by atoms with Crippen LogP contribution >= 0.6 is 11.8 Å². The number of benzene rings is 1. The zero-order chi connectivity index (χ0) is 17.8. The molecule has 0 aliphatic heterocycles. The Morgan fingerprint density at radius 3 is 2.92 bits per heavy atom. The number of aryl methyl sites for hydroxylation is 2. The van der Waals surface area contributed by atoms with Gasteiger partial charge in [-0.2, -0.15) is 11.8 Å². The highest BCUT2D eigenvalue weighted by Gasteiger charge is 2.17. The molecule has 3 aromatic rings. The second-order valence-corrected chi connectivity index (χ2v) is 6.76. The predicted octanol–water partition coefficient (Wildman–Crippen LogP) is 3.64. The second-order valence-electron chi connectivity index (χ2n) is 5.66. The first kappa shape index (κ1) is 17.4. The average Bonchev–Trinajstić information content (AvgIpc) is 2.96. The van der Waals surface area contributed by atoms with E-state index in [0.717, 1.165) is 0 Å².